The van der Waals surface area contributed by atoms with Gasteiger partial charge < -0.3 is 14.3 Å². The van der Waals surface area contributed by atoms with E-state index in [1.54, 1.807) is 24.3 Å². The van der Waals surface area contributed by atoms with Gasteiger partial charge in [-0.3, -0.25) is 0 Å². The van der Waals surface area contributed by atoms with Crippen LogP contribution in [-0.4, -0.2) is 50.0 Å². The van der Waals surface area contributed by atoms with E-state index in [-0.39, 0.29) is 6.61 Å². The van der Waals surface area contributed by atoms with Gasteiger partial charge in [-0.15, -0.1) is 0 Å². The average Bonchev–Trinajstić information content (AvgIpc) is 2.82. The van der Waals surface area contributed by atoms with Crippen molar-refractivity contribution in [1.82, 2.24) is 0 Å². The van der Waals surface area contributed by atoms with E-state index in [1.807, 2.05) is 24.3 Å². The van der Waals surface area contributed by atoms with E-state index in [0.29, 0.717) is 5.56 Å². The maximum atomic E-state index is 9.07. The number of ether oxygens (including phenoxy) is 1. The highest BCUT2D eigenvalue weighted by molar-refractivity contribution is 5.44. The Bertz CT molecular complexity index is 855. The number of hydrogen-bond donors (Lipinski definition) is 1. The number of rotatable bonds is 16. The number of aliphatic hydroxyl groups is 1. The monoisotopic (exact) mass is 451 g/mol. The van der Waals surface area contributed by atoms with Crippen LogP contribution in [0.15, 0.2) is 58.8 Å². The minimum Gasteiger partial charge on any atom is -0.494 e. The number of quaternary nitrogens is 1. The molecule has 0 radical (unpaired) electrons. The van der Waals surface area contributed by atoms with E-state index in [9.17, 15) is 0 Å². The zero-order chi connectivity index (χ0) is 23.8. The Kier molecular flexibility index (Phi) is 12.2. The third kappa shape index (κ3) is 11.6. The first kappa shape index (κ1) is 26.5. The second-order valence-electron chi connectivity index (χ2n) is 9.14. The molecular formula is C27H39N4O2+. The van der Waals surface area contributed by atoms with Gasteiger partial charge in [-0.25, -0.2) is 0 Å². The fourth-order valence-corrected chi connectivity index (χ4v) is 3.60. The summed E-state index contributed by atoms with van der Waals surface area (Å²) in [6.07, 6.45) is 10.0. The molecule has 2 aromatic carbocycles. The van der Waals surface area contributed by atoms with Crippen LogP contribution in [0.25, 0.3) is 0 Å². The zero-order valence-corrected chi connectivity index (χ0v) is 20.2. The summed E-state index contributed by atoms with van der Waals surface area (Å²) in [5.41, 5.74) is 2.10. The normalized spacial score (nSPS) is 11.6. The number of hydrogen-bond acceptors (Lipinski definition) is 5. The van der Waals surface area contributed by atoms with Crippen LogP contribution in [0.4, 0.5) is 11.4 Å². The average molecular weight is 452 g/mol. The lowest BCUT2D eigenvalue weighted by Gasteiger charge is -2.28. The Morgan fingerprint density at radius 2 is 1.27 bits per heavy atom. The summed E-state index contributed by atoms with van der Waals surface area (Å²) in [6, 6.07) is 16.7. The van der Waals surface area contributed by atoms with Gasteiger partial charge in [-0.2, -0.15) is 15.5 Å². The number of nitriles is 1. The van der Waals surface area contributed by atoms with Gasteiger partial charge in [0.2, 0.25) is 0 Å². The van der Waals surface area contributed by atoms with Crippen LogP contribution in [0, 0.1) is 11.3 Å². The molecule has 6 heteroatoms. The van der Waals surface area contributed by atoms with Gasteiger partial charge in [-0.05, 0) is 67.8 Å². The molecule has 0 aliphatic heterocycles. The largest absolute Gasteiger partial charge is 0.494 e. The van der Waals surface area contributed by atoms with Gasteiger partial charge in [0.25, 0.3) is 0 Å². The highest BCUT2D eigenvalue weighted by Gasteiger charge is 2.12. The predicted octanol–water partition coefficient (Wildman–Crippen LogP) is 6.54. The SMILES string of the molecule is C[N+](C)(CCO)CCCCCCCCCCOc1ccc(N=Nc2ccc(C#N)cc2)cc1. The van der Waals surface area contributed by atoms with Crippen LogP contribution in [0.3, 0.4) is 0 Å². The van der Waals surface area contributed by atoms with Gasteiger partial charge in [-0.1, -0.05) is 32.1 Å². The molecule has 33 heavy (non-hydrogen) atoms. The molecule has 0 saturated heterocycles. The molecule has 0 aliphatic carbocycles. The summed E-state index contributed by atoms with van der Waals surface area (Å²) in [4.78, 5) is 0. The van der Waals surface area contributed by atoms with E-state index >= 15 is 0 Å². The summed E-state index contributed by atoms with van der Waals surface area (Å²) >= 11 is 0. The Labute approximate surface area is 199 Å². The lowest BCUT2D eigenvalue weighted by molar-refractivity contribution is -0.890. The molecule has 1 N–H and O–H groups in total. The van der Waals surface area contributed by atoms with Crippen molar-refractivity contribution in [2.24, 2.45) is 10.2 Å². The number of nitrogens with zero attached hydrogens (tertiary/aromatic N) is 4. The van der Waals surface area contributed by atoms with Gasteiger partial charge in [0.05, 0.1) is 56.9 Å². The molecular weight excluding hydrogens is 412 g/mol. The molecule has 178 valence electrons. The first-order valence-electron chi connectivity index (χ1n) is 12.1. The van der Waals surface area contributed by atoms with E-state index in [1.165, 1.54) is 44.9 Å². The molecule has 0 atom stereocenters. The number of aliphatic hydroxyl groups excluding tert-OH is 1. The summed E-state index contributed by atoms with van der Waals surface area (Å²) in [6.45, 7) is 3.01. The first-order chi connectivity index (χ1) is 16.0. The lowest BCUT2D eigenvalue weighted by Crippen LogP contribution is -2.42. The highest BCUT2D eigenvalue weighted by Crippen LogP contribution is 2.22. The van der Waals surface area contributed by atoms with Gasteiger partial charge in [0, 0.05) is 0 Å². The molecule has 0 bridgehead atoms. The second-order valence-corrected chi connectivity index (χ2v) is 9.14. The predicted molar refractivity (Wildman–Crippen MR) is 133 cm³/mol. The van der Waals surface area contributed by atoms with Crippen LogP contribution >= 0.6 is 0 Å². The number of likely N-dealkylation sites (N-methyl/N-ethyl adjacent to an activating group) is 1. The van der Waals surface area contributed by atoms with E-state index in [4.69, 9.17) is 15.1 Å². The summed E-state index contributed by atoms with van der Waals surface area (Å²) in [5, 5.41) is 26.3. The van der Waals surface area contributed by atoms with Crippen molar-refractivity contribution in [3.63, 3.8) is 0 Å². The van der Waals surface area contributed by atoms with Crippen molar-refractivity contribution in [2.75, 3.05) is 40.4 Å². The molecule has 0 aromatic heterocycles. The first-order valence-corrected chi connectivity index (χ1v) is 12.1. The molecule has 0 heterocycles. The molecule has 0 amide bonds. The van der Waals surface area contributed by atoms with Crippen LogP contribution < -0.4 is 4.74 Å². The fraction of sp³-hybridized carbons (Fsp3) is 0.519. The Hall–Kier alpha value is -2.75. The van der Waals surface area contributed by atoms with Crippen molar-refractivity contribution in [1.29, 1.82) is 5.26 Å². The maximum Gasteiger partial charge on any atom is 0.119 e. The van der Waals surface area contributed by atoms with Crippen LogP contribution in [0.5, 0.6) is 5.75 Å². The standard InChI is InChI=1S/C27H39N4O2/c1-31(2,20-21-32)19-9-7-5-3-4-6-8-10-22-33-27-17-15-26(16-18-27)30-29-25-13-11-24(23-28)12-14-25/h11-18,32H,3-10,19-22H2,1-2H3/q+1. The molecule has 2 aromatic rings. The highest BCUT2D eigenvalue weighted by atomic mass is 16.5. The molecule has 0 saturated carbocycles. The minimum absolute atomic E-state index is 0.273. The quantitative estimate of drug-likeness (QED) is 0.179. The van der Waals surface area contributed by atoms with Crippen molar-refractivity contribution >= 4 is 11.4 Å². The van der Waals surface area contributed by atoms with E-state index in [2.05, 4.69) is 30.4 Å². The topological polar surface area (TPSA) is 78.0 Å². The Morgan fingerprint density at radius 1 is 0.758 bits per heavy atom. The van der Waals surface area contributed by atoms with Gasteiger partial charge >= 0.3 is 0 Å². The Balaban J connectivity index is 1.50. The third-order valence-electron chi connectivity index (χ3n) is 5.75. The van der Waals surface area contributed by atoms with Crippen LogP contribution in [-0.2, 0) is 0 Å². The second kappa shape index (κ2) is 15.2. The van der Waals surface area contributed by atoms with Gasteiger partial charge in [0.15, 0.2) is 0 Å². The number of benzene rings is 2. The minimum atomic E-state index is 0.273. The van der Waals surface area contributed by atoms with Crippen molar-refractivity contribution < 1.29 is 14.3 Å². The summed E-state index contributed by atoms with van der Waals surface area (Å²) < 4.78 is 6.76. The van der Waals surface area contributed by atoms with Crippen molar-refractivity contribution in [3.05, 3.63) is 54.1 Å². The number of unbranched alkanes of at least 4 members (excludes halogenated alkanes) is 7. The van der Waals surface area contributed by atoms with Gasteiger partial charge in [0.1, 0.15) is 12.3 Å². The molecule has 6 nitrogen and oxygen atoms in total. The fourth-order valence-electron chi connectivity index (χ4n) is 3.60. The van der Waals surface area contributed by atoms with Crippen molar-refractivity contribution in [3.8, 4) is 11.8 Å². The molecule has 0 spiro atoms. The molecule has 0 fully saturated rings. The molecule has 2 rings (SSSR count). The van der Waals surface area contributed by atoms with Crippen LogP contribution in [0.2, 0.25) is 0 Å². The lowest BCUT2D eigenvalue weighted by atomic mass is 10.1. The molecule has 0 aliphatic rings. The number of azo groups is 1. The zero-order valence-electron chi connectivity index (χ0n) is 20.2. The maximum absolute atomic E-state index is 9.07. The van der Waals surface area contributed by atoms with E-state index < -0.39 is 0 Å². The Morgan fingerprint density at radius 3 is 1.82 bits per heavy atom. The summed E-state index contributed by atoms with van der Waals surface area (Å²) in [5.74, 6) is 0.856. The summed E-state index contributed by atoms with van der Waals surface area (Å²) in [7, 11) is 4.38. The third-order valence-corrected chi connectivity index (χ3v) is 5.75. The van der Waals surface area contributed by atoms with E-state index in [0.717, 1.165) is 47.7 Å². The van der Waals surface area contributed by atoms with Crippen molar-refractivity contribution in [2.45, 2.75) is 51.4 Å². The van der Waals surface area contributed by atoms with Crippen LogP contribution in [0.1, 0.15) is 56.9 Å². The smallest absolute Gasteiger partial charge is 0.119 e. The molecule has 0 unspecified atom stereocenters.